The zero-order valence-corrected chi connectivity index (χ0v) is 18.2. The van der Waals surface area contributed by atoms with Gasteiger partial charge in [-0.15, -0.1) is 0 Å². The van der Waals surface area contributed by atoms with E-state index in [0.29, 0.717) is 0 Å². The summed E-state index contributed by atoms with van der Waals surface area (Å²) in [5.41, 5.74) is -0.123. The molecule has 1 aromatic rings. The van der Waals surface area contributed by atoms with Crippen LogP contribution in [0.3, 0.4) is 0 Å². The summed E-state index contributed by atoms with van der Waals surface area (Å²) in [5.74, 6) is -30.9. The first-order chi connectivity index (χ1) is 17.2. The molecule has 198 valence electrons. The number of carbonyl (C=O) groups is 8. The molecule has 1 aromatic carbocycles. The Morgan fingerprint density at radius 2 is 0.919 bits per heavy atom. The van der Waals surface area contributed by atoms with Gasteiger partial charge in [-0.1, -0.05) is 0 Å². The molecule has 0 bridgehead atoms. The molecule has 0 saturated heterocycles. The van der Waals surface area contributed by atoms with Crippen molar-refractivity contribution >= 4 is 47.8 Å². The molecule has 0 radical (unpaired) electrons. The molecule has 16 heteroatoms. The van der Waals surface area contributed by atoms with Gasteiger partial charge in [0.25, 0.3) is 0 Å². The highest BCUT2D eigenvalue weighted by Gasteiger charge is 2.65. The number of ether oxygens (including phenoxy) is 2. The SMILES string of the molecule is O=C(COc1ccc(C(=O)O)cc1)OC(=O)C1C(C(=O)O)C(C(=O)O)C(C(=O)O)C(C(=O)O)C1C(=O)O. The fourth-order valence-corrected chi connectivity index (χ4v) is 4.22. The highest BCUT2D eigenvalue weighted by atomic mass is 16.6. The van der Waals surface area contributed by atoms with E-state index < -0.39 is 89.9 Å². The summed E-state index contributed by atoms with van der Waals surface area (Å²) in [6, 6.07) is 4.51. The molecule has 1 aliphatic carbocycles. The Bertz CT molecular complexity index is 1110. The molecule has 0 aliphatic heterocycles. The molecule has 0 amide bonds. The lowest BCUT2D eigenvalue weighted by Crippen LogP contribution is -2.60. The third-order valence-corrected chi connectivity index (χ3v) is 5.69. The zero-order chi connectivity index (χ0) is 28.2. The molecule has 6 N–H and O–H groups in total. The van der Waals surface area contributed by atoms with Crippen molar-refractivity contribution in [2.45, 2.75) is 0 Å². The van der Waals surface area contributed by atoms with Crippen LogP contribution in [0.5, 0.6) is 5.75 Å². The van der Waals surface area contributed by atoms with Crippen LogP contribution in [-0.4, -0.2) is 85.0 Å². The Labute approximate surface area is 204 Å². The maximum atomic E-state index is 12.8. The Hall–Kier alpha value is -5.02. The molecule has 4 atom stereocenters. The van der Waals surface area contributed by atoms with Gasteiger partial charge in [0.15, 0.2) is 6.61 Å². The average molecular weight is 526 g/mol. The predicted molar refractivity (Wildman–Crippen MR) is 109 cm³/mol. The summed E-state index contributed by atoms with van der Waals surface area (Å²) >= 11 is 0. The minimum Gasteiger partial charge on any atom is -0.482 e. The monoisotopic (exact) mass is 526 g/mol. The summed E-state index contributed by atoms with van der Waals surface area (Å²) in [5, 5.41) is 56.5. The van der Waals surface area contributed by atoms with Crippen LogP contribution in [0.15, 0.2) is 24.3 Å². The lowest BCUT2D eigenvalue weighted by molar-refractivity contribution is -0.194. The first kappa shape index (κ1) is 28.2. The average Bonchev–Trinajstić information content (AvgIpc) is 2.80. The van der Waals surface area contributed by atoms with E-state index in [9.17, 15) is 63.9 Å². The Morgan fingerprint density at radius 3 is 1.24 bits per heavy atom. The third kappa shape index (κ3) is 5.98. The van der Waals surface area contributed by atoms with Crippen LogP contribution in [0.4, 0.5) is 0 Å². The molecule has 1 aliphatic rings. The molecule has 16 nitrogen and oxygen atoms in total. The number of benzene rings is 1. The predicted octanol–water partition coefficient (Wildman–Crippen LogP) is -1.03. The van der Waals surface area contributed by atoms with E-state index in [4.69, 9.17) is 9.84 Å². The molecule has 0 aromatic heterocycles. The molecule has 0 heterocycles. The summed E-state index contributed by atoms with van der Waals surface area (Å²) in [6.07, 6.45) is 0. The van der Waals surface area contributed by atoms with E-state index in [-0.39, 0.29) is 11.3 Å². The van der Waals surface area contributed by atoms with E-state index >= 15 is 0 Å². The number of esters is 2. The second-order valence-electron chi connectivity index (χ2n) is 7.76. The van der Waals surface area contributed by atoms with Crippen LogP contribution in [0.1, 0.15) is 10.4 Å². The topological polar surface area (TPSA) is 276 Å². The molecule has 2 rings (SSSR count). The first-order valence-corrected chi connectivity index (χ1v) is 10.0. The minimum absolute atomic E-state index is 0.0694. The number of aromatic carboxylic acids is 1. The van der Waals surface area contributed by atoms with Crippen LogP contribution in [0, 0.1) is 35.5 Å². The quantitative estimate of drug-likeness (QED) is 0.157. The van der Waals surface area contributed by atoms with Crippen molar-refractivity contribution in [2.24, 2.45) is 35.5 Å². The van der Waals surface area contributed by atoms with Crippen LogP contribution in [0.2, 0.25) is 0 Å². The van der Waals surface area contributed by atoms with Gasteiger partial charge in [-0.25, -0.2) is 9.59 Å². The number of aliphatic carboxylic acids is 5. The van der Waals surface area contributed by atoms with Crippen molar-refractivity contribution in [1.82, 2.24) is 0 Å². The third-order valence-electron chi connectivity index (χ3n) is 5.69. The lowest BCUT2D eigenvalue weighted by Gasteiger charge is -2.42. The number of rotatable bonds is 10. The molecule has 1 fully saturated rings. The number of carboxylic acids is 6. The number of carboxylic acid groups (broad SMARTS) is 6. The van der Waals surface area contributed by atoms with Gasteiger partial charge in [0.1, 0.15) is 5.75 Å². The van der Waals surface area contributed by atoms with Gasteiger partial charge in [0.2, 0.25) is 0 Å². The minimum atomic E-state index is -2.60. The van der Waals surface area contributed by atoms with Crippen LogP contribution >= 0.6 is 0 Å². The fourth-order valence-electron chi connectivity index (χ4n) is 4.22. The summed E-state index contributed by atoms with van der Waals surface area (Å²) in [4.78, 5) is 94.9. The van der Waals surface area contributed by atoms with Gasteiger partial charge in [-0.2, -0.15) is 0 Å². The lowest BCUT2D eigenvalue weighted by atomic mass is 9.56. The van der Waals surface area contributed by atoms with Crippen LogP contribution in [-0.2, 0) is 38.3 Å². The van der Waals surface area contributed by atoms with E-state index in [1.54, 1.807) is 0 Å². The summed E-state index contributed by atoms with van der Waals surface area (Å²) in [6.45, 7) is -1.04. The van der Waals surface area contributed by atoms with Crippen molar-refractivity contribution in [3.05, 3.63) is 29.8 Å². The largest absolute Gasteiger partial charge is 0.482 e. The number of hydrogen-bond donors (Lipinski definition) is 6. The van der Waals surface area contributed by atoms with Crippen molar-refractivity contribution in [3.63, 3.8) is 0 Å². The molecular formula is C21H18O16. The van der Waals surface area contributed by atoms with Gasteiger partial charge in [-0.05, 0) is 24.3 Å². The van der Waals surface area contributed by atoms with Gasteiger partial charge in [-0.3, -0.25) is 28.8 Å². The normalized spacial score (nSPS) is 24.8. The van der Waals surface area contributed by atoms with E-state index in [1.807, 2.05) is 0 Å². The molecule has 4 unspecified atom stereocenters. The van der Waals surface area contributed by atoms with Gasteiger partial charge >= 0.3 is 47.8 Å². The maximum absolute atomic E-state index is 12.8. The number of hydrogen-bond acceptors (Lipinski definition) is 10. The number of carbonyl (C=O) groups excluding carboxylic acids is 2. The summed E-state index contributed by atoms with van der Waals surface area (Å²) < 4.78 is 9.42. The smallest absolute Gasteiger partial charge is 0.351 e. The van der Waals surface area contributed by atoms with Gasteiger partial charge in [0.05, 0.1) is 41.1 Å². The standard InChI is InChI=1S/C21H18O16/c22-8(5-36-7-3-1-6(2-4-7)15(23)24)37-21(35)14-12(19(31)32)10(17(27)28)9(16(25)26)11(18(29)30)13(14)20(33)34/h1-4,9-14H,5H2,(H,23,24)(H,25,26)(H,27,28)(H,29,30)(H,31,32)(H,33,34). The molecule has 37 heavy (non-hydrogen) atoms. The van der Waals surface area contributed by atoms with Crippen LogP contribution in [0.25, 0.3) is 0 Å². The van der Waals surface area contributed by atoms with E-state index in [2.05, 4.69) is 4.74 Å². The van der Waals surface area contributed by atoms with Crippen molar-refractivity contribution < 1.29 is 78.5 Å². The molecule has 0 spiro atoms. The Kier molecular flexibility index (Phi) is 8.50. The van der Waals surface area contributed by atoms with E-state index in [0.717, 1.165) is 24.3 Å². The highest BCUT2D eigenvalue weighted by Crippen LogP contribution is 2.47. The second-order valence-corrected chi connectivity index (χ2v) is 7.76. The van der Waals surface area contributed by atoms with Crippen molar-refractivity contribution in [2.75, 3.05) is 6.61 Å². The first-order valence-electron chi connectivity index (χ1n) is 10.0. The molecule has 1 saturated carbocycles. The zero-order valence-electron chi connectivity index (χ0n) is 18.2. The highest BCUT2D eigenvalue weighted by molar-refractivity contribution is 5.98. The van der Waals surface area contributed by atoms with Gasteiger partial charge < -0.3 is 40.1 Å². The fraction of sp³-hybridized carbons (Fsp3) is 0.333. The van der Waals surface area contributed by atoms with E-state index in [1.165, 1.54) is 0 Å². The van der Waals surface area contributed by atoms with Crippen molar-refractivity contribution in [3.8, 4) is 5.75 Å². The second kappa shape index (κ2) is 11.1. The Morgan fingerprint density at radius 1 is 0.568 bits per heavy atom. The van der Waals surface area contributed by atoms with Gasteiger partial charge in [0, 0.05) is 0 Å². The maximum Gasteiger partial charge on any atom is 0.351 e. The molecular weight excluding hydrogens is 508 g/mol. The summed E-state index contributed by atoms with van der Waals surface area (Å²) in [7, 11) is 0. The van der Waals surface area contributed by atoms with Crippen LogP contribution < -0.4 is 4.74 Å². The van der Waals surface area contributed by atoms with Crippen molar-refractivity contribution in [1.29, 1.82) is 0 Å². The Balaban J connectivity index is 2.39.